The van der Waals surface area contributed by atoms with Gasteiger partial charge in [0.05, 0.1) is 6.10 Å². The Hall–Kier alpha value is -2.56. The Morgan fingerprint density at radius 3 is 2.41 bits per heavy atom. The second-order valence-corrected chi connectivity index (χ2v) is 6.35. The van der Waals surface area contributed by atoms with E-state index in [-0.39, 0.29) is 57.9 Å². The summed E-state index contributed by atoms with van der Waals surface area (Å²) in [6.45, 7) is -0.0102. The highest BCUT2D eigenvalue weighted by molar-refractivity contribution is 5.77. The van der Waals surface area contributed by atoms with Crippen molar-refractivity contribution in [3.8, 4) is 0 Å². The third-order valence-corrected chi connectivity index (χ3v) is 4.22. The van der Waals surface area contributed by atoms with Crippen molar-refractivity contribution in [2.24, 2.45) is 0 Å². The summed E-state index contributed by atoms with van der Waals surface area (Å²) in [5.41, 5.74) is -1.29. The minimum absolute atomic E-state index is 0.00982. The van der Waals surface area contributed by atoms with Crippen LogP contribution >= 0.6 is 0 Å². The van der Waals surface area contributed by atoms with Crippen molar-refractivity contribution in [2.45, 2.75) is 38.3 Å². The van der Waals surface area contributed by atoms with Crippen molar-refractivity contribution < 1.29 is 23.5 Å². The lowest BCUT2D eigenvalue weighted by atomic mass is 10.2. The van der Waals surface area contributed by atoms with Crippen molar-refractivity contribution in [1.82, 2.24) is 19.4 Å². The molecule has 0 radical (unpaired) electrons. The number of halogens is 2. The summed E-state index contributed by atoms with van der Waals surface area (Å²) in [7, 11) is 0. The number of nitrogens with one attached hydrogen (secondary N) is 1. The highest BCUT2D eigenvalue weighted by atomic mass is 19.3. The molecule has 0 aliphatic carbocycles. The van der Waals surface area contributed by atoms with Crippen LogP contribution in [0.1, 0.15) is 19.3 Å². The molecule has 1 fully saturated rings. The molecule has 2 heterocycles. The number of nitrogens with zero attached hydrogens (tertiary/aromatic N) is 3. The van der Waals surface area contributed by atoms with Crippen molar-refractivity contribution >= 4 is 11.8 Å². The second kappa shape index (κ2) is 9.40. The van der Waals surface area contributed by atoms with E-state index in [1.165, 1.54) is 16.0 Å². The average Bonchev–Trinajstić information content (AvgIpc) is 2.78. The van der Waals surface area contributed by atoms with Crippen LogP contribution in [-0.2, 0) is 16.1 Å². The predicted octanol–water partition coefficient (Wildman–Crippen LogP) is -0.996. The lowest BCUT2D eigenvalue weighted by Crippen LogP contribution is -2.41. The molecule has 1 aliphatic heterocycles. The number of β-amino-alcohol motifs (C(OH)–C–C–N with tert-alkyl or cyclic N) is 1. The first kappa shape index (κ1) is 20.7. The number of carbonyl (C=O) groups excluding carboxylic acids is 2. The predicted molar refractivity (Wildman–Crippen MR) is 90.3 cm³/mol. The normalized spacial score (nSPS) is 17.9. The Morgan fingerprint density at radius 1 is 1.19 bits per heavy atom. The van der Waals surface area contributed by atoms with Gasteiger partial charge in [0, 0.05) is 51.3 Å². The number of hydrogen-bond acceptors (Lipinski definition) is 5. The third kappa shape index (κ3) is 6.27. The number of aromatic nitrogens is 2. The van der Waals surface area contributed by atoms with E-state index in [0.717, 1.165) is 10.6 Å². The fourth-order valence-electron chi connectivity index (χ4n) is 2.82. The summed E-state index contributed by atoms with van der Waals surface area (Å²) in [5.74, 6) is -0.795. The number of hydrogen-bond donors (Lipinski definition) is 2. The molecule has 11 heteroatoms. The topological polar surface area (TPSA) is 116 Å². The third-order valence-electron chi connectivity index (χ3n) is 4.22. The van der Waals surface area contributed by atoms with Gasteiger partial charge in [-0.25, -0.2) is 13.6 Å². The summed E-state index contributed by atoms with van der Waals surface area (Å²) >= 11 is 0. The summed E-state index contributed by atoms with van der Waals surface area (Å²) in [6, 6.07) is 1.12. The van der Waals surface area contributed by atoms with E-state index in [9.17, 15) is 33.1 Å². The van der Waals surface area contributed by atoms with Crippen LogP contribution in [0.4, 0.5) is 8.78 Å². The van der Waals surface area contributed by atoms with E-state index in [2.05, 4.69) is 0 Å². The van der Waals surface area contributed by atoms with Crippen molar-refractivity contribution in [1.29, 1.82) is 0 Å². The van der Waals surface area contributed by atoms with Crippen LogP contribution in [0.3, 0.4) is 0 Å². The fourth-order valence-corrected chi connectivity index (χ4v) is 2.82. The average molecular weight is 388 g/mol. The smallest absolute Gasteiger partial charge is 0.328 e. The van der Waals surface area contributed by atoms with E-state index in [1.807, 2.05) is 4.98 Å². The Bertz CT molecular complexity index is 779. The van der Waals surface area contributed by atoms with Gasteiger partial charge < -0.3 is 14.9 Å². The lowest BCUT2D eigenvalue weighted by Gasteiger charge is -2.22. The van der Waals surface area contributed by atoms with Crippen LogP contribution in [0.5, 0.6) is 0 Å². The molecule has 1 aromatic heterocycles. The van der Waals surface area contributed by atoms with Crippen LogP contribution in [0.15, 0.2) is 21.9 Å². The maximum absolute atomic E-state index is 12.4. The van der Waals surface area contributed by atoms with Crippen LogP contribution < -0.4 is 11.2 Å². The zero-order chi connectivity index (χ0) is 20.0. The van der Waals surface area contributed by atoms with Crippen molar-refractivity contribution in [3.63, 3.8) is 0 Å². The molecule has 1 aromatic rings. The summed E-state index contributed by atoms with van der Waals surface area (Å²) < 4.78 is 25.4. The molecule has 1 saturated heterocycles. The molecule has 1 unspecified atom stereocenters. The van der Waals surface area contributed by atoms with Gasteiger partial charge in [0.15, 0.2) is 0 Å². The first-order valence-electron chi connectivity index (χ1n) is 8.58. The molecule has 1 aliphatic rings. The molecule has 1 atom stereocenters. The largest absolute Gasteiger partial charge is 0.389 e. The summed E-state index contributed by atoms with van der Waals surface area (Å²) in [5, 5.41) is 10.1. The molecule has 0 aromatic carbocycles. The highest BCUT2D eigenvalue weighted by Gasteiger charge is 2.27. The summed E-state index contributed by atoms with van der Waals surface area (Å²) in [6.07, 6.45) is -2.59. The van der Waals surface area contributed by atoms with Crippen molar-refractivity contribution in [3.05, 3.63) is 33.1 Å². The Kier molecular flexibility index (Phi) is 7.22. The zero-order valence-electron chi connectivity index (χ0n) is 14.6. The molecule has 27 heavy (non-hydrogen) atoms. The maximum Gasteiger partial charge on any atom is 0.328 e. The Labute approximate surface area is 153 Å². The maximum atomic E-state index is 12.4. The van der Waals surface area contributed by atoms with Crippen LogP contribution in [0, 0.1) is 0 Å². The number of aliphatic hydroxyl groups excluding tert-OH is 1. The monoisotopic (exact) mass is 388 g/mol. The fraction of sp³-hybridized carbons (Fsp3) is 0.625. The quantitative estimate of drug-likeness (QED) is 0.649. The Morgan fingerprint density at radius 2 is 1.81 bits per heavy atom. The number of carbonyl (C=O) groups is 2. The molecule has 2 amide bonds. The highest BCUT2D eigenvalue weighted by Crippen LogP contribution is 2.11. The van der Waals surface area contributed by atoms with E-state index in [4.69, 9.17) is 0 Å². The number of aromatic amines is 1. The molecular weight excluding hydrogens is 366 g/mol. The van der Waals surface area contributed by atoms with E-state index >= 15 is 0 Å². The van der Waals surface area contributed by atoms with E-state index in [1.54, 1.807) is 0 Å². The second-order valence-electron chi connectivity index (χ2n) is 6.35. The molecule has 0 saturated carbocycles. The first-order chi connectivity index (χ1) is 12.8. The van der Waals surface area contributed by atoms with Crippen LogP contribution in [0.25, 0.3) is 0 Å². The molecule has 2 rings (SSSR count). The molecule has 0 bridgehead atoms. The van der Waals surface area contributed by atoms with Crippen LogP contribution in [0.2, 0.25) is 0 Å². The number of H-pyrrole nitrogens is 1. The standard InChI is InChI=1S/C16H22F2N4O5/c17-12(18)2-1-3-14(25)20-6-7-21(9-11(23)8-20)15(26)10-22-5-4-13(24)19-16(22)27/h4-5,11-12,23H,1-3,6-10H2,(H,19,24,27). The van der Waals surface area contributed by atoms with Crippen LogP contribution in [-0.4, -0.2) is 75.0 Å². The van der Waals surface area contributed by atoms with Crippen molar-refractivity contribution in [2.75, 3.05) is 26.2 Å². The van der Waals surface area contributed by atoms with Gasteiger partial charge in [-0.3, -0.25) is 23.9 Å². The number of rotatable bonds is 6. The number of alkyl halides is 2. The minimum atomic E-state index is -2.46. The van der Waals surface area contributed by atoms with E-state index in [0.29, 0.717) is 0 Å². The molecular formula is C16H22F2N4O5. The SMILES string of the molecule is O=C(CCCC(F)F)N1CCN(C(=O)Cn2ccc(=O)[nH]c2=O)CC(O)C1. The number of aliphatic hydroxyl groups is 1. The number of amides is 2. The van der Waals surface area contributed by atoms with E-state index < -0.39 is 29.7 Å². The van der Waals surface area contributed by atoms with Gasteiger partial charge in [0.1, 0.15) is 6.54 Å². The zero-order valence-corrected chi connectivity index (χ0v) is 14.6. The minimum Gasteiger partial charge on any atom is -0.389 e. The Balaban J connectivity index is 1.94. The molecule has 9 nitrogen and oxygen atoms in total. The van der Waals surface area contributed by atoms with Gasteiger partial charge >= 0.3 is 5.69 Å². The lowest BCUT2D eigenvalue weighted by molar-refractivity contribution is -0.134. The summed E-state index contributed by atoms with van der Waals surface area (Å²) in [4.78, 5) is 52.0. The van der Waals surface area contributed by atoms with Gasteiger partial charge in [-0.15, -0.1) is 0 Å². The van der Waals surface area contributed by atoms with Gasteiger partial charge in [-0.05, 0) is 6.42 Å². The molecule has 2 N–H and O–H groups in total. The first-order valence-corrected chi connectivity index (χ1v) is 8.58. The van der Waals surface area contributed by atoms with Gasteiger partial charge in [-0.2, -0.15) is 0 Å². The van der Waals surface area contributed by atoms with Gasteiger partial charge in [0.25, 0.3) is 5.56 Å². The van der Waals surface area contributed by atoms with Gasteiger partial charge in [0.2, 0.25) is 18.2 Å². The molecule has 150 valence electrons. The molecule has 0 spiro atoms. The van der Waals surface area contributed by atoms with Gasteiger partial charge in [-0.1, -0.05) is 0 Å².